The van der Waals surface area contributed by atoms with Gasteiger partial charge in [-0.3, -0.25) is 4.79 Å². The molecule has 0 aromatic rings. The maximum atomic E-state index is 11.8. The molecule has 2 N–H and O–H groups in total. The van der Waals surface area contributed by atoms with Gasteiger partial charge in [-0.2, -0.15) is 0 Å². The number of rotatable bonds is 4. The Balaban J connectivity index is 4.42. The topological polar surface area (TPSA) is 43.1 Å². The Morgan fingerprint density at radius 2 is 1.79 bits per heavy atom. The van der Waals surface area contributed by atoms with Crippen molar-refractivity contribution >= 4 is 5.78 Å². The lowest BCUT2D eigenvalue weighted by Gasteiger charge is -2.37. The molecule has 0 saturated heterocycles. The van der Waals surface area contributed by atoms with Gasteiger partial charge in [0.1, 0.15) is 5.78 Å². The van der Waals surface area contributed by atoms with E-state index in [1.807, 2.05) is 27.7 Å². The first kappa shape index (κ1) is 13.2. The summed E-state index contributed by atoms with van der Waals surface area (Å²) < 4.78 is 0. The summed E-state index contributed by atoms with van der Waals surface area (Å²) in [6.07, 6.45) is 1.13. The predicted molar refractivity (Wildman–Crippen MR) is 59.7 cm³/mol. The number of hydrogen-bond acceptors (Lipinski definition) is 2. The van der Waals surface area contributed by atoms with Crippen LogP contribution in [-0.2, 0) is 4.79 Å². The summed E-state index contributed by atoms with van der Waals surface area (Å²) in [5.74, 6) is 5.86. The normalized spacial score (nSPS) is 11.9. The van der Waals surface area contributed by atoms with Crippen molar-refractivity contribution in [1.29, 1.82) is 0 Å². The molecule has 0 aliphatic rings. The molecule has 0 saturated carbocycles. The van der Waals surface area contributed by atoms with Crippen LogP contribution in [0.5, 0.6) is 0 Å². The highest BCUT2D eigenvalue weighted by Crippen LogP contribution is 2.30. The van der Waals surface area contributed by atoms with Crippen molar-refractivity contribution in [1.82, 2.24) is 0 Å². The van der Waals surface area contributed by atoms with Gasteiger partial charge >= 0.3 is 0 Å². The Hall–Kier alpha value is -0.810. The Morgan fingerprint density at radius 3 is 2.14 bits per heavy atom. The van der Waals surface area contributed by atoms with Gasteiger partial charge in [-0.15, -0.1) is 11.8 Å². The minimum atomic E-state index is -0.484. The Labute approximate surface area is 87.3 Å². The molecule has 0 radical (unpaired) electrons. The summed E-state index contributed by atoms with van der Waals surface area (Å²) in [6.45, 7) is 9.35. The highest BCUT2D eigenvalue weighted by atomic mass is 16.1. The molecule has 0 aromatic carbocycles. The van der Waals surface area contributed by atoms with Crippen LogP contribution in [0.2, 0.25) is 0 Å². The van der Waals surface area contributed by atoms with Gasteiger partial charge in [0.05, 0.1) is 0 Å². The van der Waals surface area contributed by atoms with E-state index in [1.54, 1.807) is 6.92 Å². The van der Waals surface area contributed by atoms with E-state index in [9.17, 15) is 4.79 Å². The second kappa shape index (κ2) is 4.61. The molecule has 0 fully saturated rings. The maximum absolute atomic E-state index is 11.8. The van der Waals surface area contributed by atoms with Crippen LogP contribution < -0.4 is 5.73 Å². The van der Waals surface area contributed by atoms with Crippen molar-refractivity contribution in [2.75, 3.05) is 0 Å². The minimum absolute atomic E-state index is 0.188. The lowest BCUT2D eigenvalue weighted by atomic mass is 9.71. The minimum Gasteiger partial charge on any atom is -0.325 e. The molecular weight excluding hydrogens is 174 g/mol. The second-order valence-corrected chi connectivity index (χ2v) is 4.70. The quantitative estimate of drug-likeness (QED) is 0.698. The molecule has 0 aromatic heterocycles. The zero-order valence-corrected chi connectivity index (χ0v) is 9.90. The third kappa shape index (κ3) is 3.16. The molecule has 0 aliphatic heterocycles. The van der Waals surface area contributed by atoms with E-state index in [0.29, 0.717) is 12.8 Å². The van der Waals surface area contributed by atoms with Crippen molar-refractivity contribution in [3.63, 3.8) is 0 Å². The molecule has 14 heavy (non-hydrogen) atoms. The summed E-state index contributed by atoms with van der Waals surface area (Å²) in [7, 11) is 0. The second-order valence-electron chi connectivity index (χ2n) is 4.70. The van der Waals surface area contributed by atoms with Gasteiger partial charge < -0.3 is 5.73 Å². The zero-order valence-electron chi connectivity index (χ0n) is 9.90. The number of carbonyl (C=O) groups is 1. The number of nitrogens with two attached hydrogens (primary N) is 1. The largest absolute Gasteiger partial charge is 0.325 e. The summed E-state index contributed by atoms with van der Waals surface area (Å²) in [6, 6.07) is 0. The van der Waals surface area contributed by atoms with Gasteiger partial charge in [0.15, 0.2) is 0 Å². The van der Waals surface area contributed by atoms with E-state index < -0.39 is 11.0 Å². The third-order valence-electron chi connectivity index (χ3n) is 2.96. The molecule has 0 bridgehead atoms. The van der Waals surface area contributed by atoms with Gasteiger partial charge in [0.25, 0.3) is 0 Å². The van der Waals surface area contributed by atoms with E-state index in [2.05, 4.69) is 11.8 Å². The average molecular weight is 195 g/mol. The van der Waals surface area contributed by atoms with E-state index >= 15 is 0 Å². The number of ketones is 1. The monoisotopic (exact) mass is 195 g/mol. The van der Waals surface area contributed by atoms with Crippen LogP contribution in [0.25, 0.3) is 0 Å². The van der Waals surface area contributed by atoms with Gasteiger partial charge in [-0.05, 0) is 20.8 Å². The molecule has 80 valence electrons. The van der Waals surface area contributed by atoms with Crippen LogP contribution in [-0.4, -0.2) is 11.3 Å². The van der Waals surface area contributed by atoms with E-state index in [0.717, 1.165) is 0 Å². The molecule has 0 heterocycles. The summed E-state index contributed by atoms with van der Waals surface area (Å²) in [5, 5.41) is 0. The van der Waals surface area contributed by atoms with Crippen molar-refractivity contribution in [2.45, 2.75) is 53.0 Å². The number of Topliss-reactive ketones (excluding diaryl/α,β-unsaturated/α-hetero) is 1. The maximum Gasteiger partial charge on any atom is 0.141 e. The van der Waals surface area contributed by atoms with Gasteiger partial charge in [0.2, 0.25) is 0 Å². The Morgan fingerprint density at radius 1 is 1.29 bits per heavy atom. The van der Waals surface area contributed by atoms with Crippen LogP contribution >= 0.6 is 0 Å². The third-order valence-corrected chi connectivity index (χ3v) is 2.96. The molecule has 2 heteroatoms. The molecule has 0 amide bonds. The van der Waals surface area contributed by atoms with E-state index in [-0.39, 0.29) is 5.78 Å². The first-order valence-corrected chi connectivity index (χ1v) is 4.95. The van der Waals surface area contributed by atoms with Crippen LogP contribution in [0.3, 0.4) is 0 Å². The van der Waals surface area contributed by atoms with E-state index in [4.69, 9.17) is 5.73 Å². The molecule has 0 rings (SSSR count). The van der Waals surface area contributed by atoms with Crippen LogP contribution in [0, 0.1) is 17.3 Å². The number of hydrogen-bond donors (Lipinski definition) is 1. The first-order chi connectivity index (χ1) is 6.23. The van der Waals surface area contributed by atoms with Crippen LogP contribution in [0.4, 0.5) is 0 Å². The molecule has 0 aliphatic carbocycles. The average Bonchev–Trinajstić information content (AvgIpc) is 2.02. The molecular formula is C12H21NO. The van der Waals surface area contributed by atoms with Gasteiger partial charge in [-0.1, -0.05) is 13.8 Å². The van der Waals surface area contributed by atoms with Crippen molar-refractivity contribution in [2.24, 2.45) is 11.1 Å². The SMILES string of the molecule is CC#CCCC(=O)C(C)(C)C(C)(C)N. The van der Waals surface area contributed by atoms with Crippen LogP contribution in [0.1, 0.15) is 47.5 Å². The Kier molecular flexibility index (Phi) is 4.35. The van der Waals surface area contributed by atoms with E-state index in [1.165, 1.54) is 0 Å². The highest BCUT2D eigenvalue weighted by molar-refractivity contribution is 5.85. The van der Waals surface area contributed by atoms with Gasteiger partial charge in [-0.25, -0.2) is 0 Å². The lowest BCUT2D eigenvalue weighted by molar-refractivity contribution is -0.129. The summed E-state index contributed by atoms with van der Waals surface area (Å²) in [4.78, 5) is 11.8. The Bertz CT molecular complexity index is 260. The first-order valence-electron chi connectivity index (χ1n) is 4.95. The van der Waals surface area contributed by atoms with Crippen molar-refractivity contribution in [3.05, 3.63) is 0 Å². The summed E-state index contributed by atoms with van der Waals surface area (Å²) in [5.41, 5.74) is 5.00. The van der Waals surface area contributed by atoms with Crippen molar-refractivity contribution < 1.29 is 4.79 Å². The van der Waals surface area contributed by atoms with Crippen LogP contribution in [0.15, 0.2) is 0 Å². The zero-order chi connectivity index (χ0) is 11.4. The lowest BCUT2D eigenvalue weighted by Crippen LogP contribution is -2.51. The fraction of sp³-hybridized carbons (Fsp3) is 0.750. The molecule has 0 spiro atoms. The molecule has 0 atom stereocenters. The standard InChI is InChI=1S/C12H21NO/c1-6-7-8-9-10(14)11(2,3)12(4,5)13/h8-9,13H2,1-5H3. The van der Waals surface area contributed by atoms with Gasteiger partial charge in [0, 0.05) is 23.8 Å². The summed E-state index contributed by atoms with van der Waals surface area (Å²) >= 11 is 0. The molecule has 2 nitrogen and oxygen atoms in total. The highest BCUT2D eigenvalue weighted by Gasteiger charge is 2.39. The molecule has 0 unspecified atom stereocenters. The fourth-order valence-corrected chi connectivity index (χ4v) is 0.973. The van der Waals surface area contributed by atoms with Crippen molar-refractivity contribution in [3.8, 4) is 11.8 Å². The smallest absolute Gasteiger partial charge is 0.141 e. The number of carbonyl (C=O) groups excluding carboxylic acids is 1. The fourth-order valence-electron chi connectivity index (χ4n) is 0.973. The predicted octanol–water partition coefficient (Wildman–Crippen LogP) is 2.12.